The van der Waals surface area contributed by atoms with E-state index in [0.717, 1.165) is 5.56 Å². The van der Waals surface area contributed by atoms with E-state index in [0.29, 0.717) is 6.42 Å². The van der Waals surface area contributed by atoms with Crippen LogP contribution >= 0.6 is 0 Å². The lowest BCUT2D eigenvalue weighted by Crippen LogP contribution is -2.36. The predicted molar refractivity (Wildman–Crippen MR) is 58.3 cm³/mol. The molecule has 1 aromatic carbocycles. The number of hydrogen-bond acceptors (Lipinski definition) is 2. The number of hydrogen-bond donors (Lipinski definition) is 0. The first kappa shape index (κ1) is 11.9. The molecule has 0 radical (unpaired) electrons. The van der Waals surface area contributed by atoms with E-state index in [1.165, 1.54) is 12.1 Å². The van der Waals surface area contributed by atoms with Crippen molar-refractivity contribution in [2.75, 3.05) is 14.1 Å². The van der Waals surface area contributed by atoms with Gasteiger partial charge in [-0.3, -0.25) is 9.69 Å². The van der Waals surface area contributed by atoms with Gasteiger partial charge in [0.1, 0.15) is 11.6 Å². The highest BCUT2D eigenvalue weighted by molar-refractivity contribution is 5.81. The highest BCUT2D eigenvalue weighted by Crippen LogP contribution is 2.09. The molecule has 0 bridgehead atoms. The average molecular weight is 209 g/mol. The normalized spacial score (nSPS) is 12.9. The number of carbonyl (C=O) groups excluding carboxylic acids is 1. The number of benzene rings is 1. The summed E-state index contributed by atoms with van der Waals surface area (Å²) in [6.45, 7) is 1.58. The smallest absolute Gasteiger partial charge is 0.147 e. The third-order valence-corrected chi connectivity index (χ3v) is 2.43. The Balaban J connectivity index is 2.74. The summed E-state index contributed by atoms with van der Waals surface area (Å²) < 4.78 is 12.7. The standard InChI is InChI=1S/C12H16FNO/c1-9(15)12(14(2)3)8-10-4-6-11(13)7-5-10/h4-7,12H,8H2,1-3H3/t12-/m0/s1. The van der Waals surface area contributed by atoms with Crippen LogP contribution < -0.4 is 0 Å². The fourth-order valence-electron chi connectivity index (χ4n) is 1.53. The summed E-state index contributed by atoms with van der Waals surface area (Å²) in [5.41, 5.74) is 0.977. The third kappa shape index (κ3) is 3.44. The molecule has 0 amide bonds. The molecule has 1 atom stereocenters. The van der Waals surface area contributed by atoms with E-state index in [1.54, 1.807) is 19.1 Å². The molecule has 0 aliphatic heterocycles. The van der Waals surface area contributed by atoms with Crippen molar-refractivity contribution in [2.24, 2.45) is 0 Å². The predicted octanol–water partition coefficient (Wildman–Crippen LogP) is 1.89. The van der Waals surface area contributed by atoms with Crippen molar-refractivity contribution in [1.29, 1.82) is 0 Å². The van der Waals surface area contributed by atoms with Gasteiger partial charge in [0.2, 0.25) is 0 Å². The van der Waals surface area contributed by atoms with Gasteiger partial charge in [-0.1, -0.05) is 12.1 Å². The number of nitrogens with zero attached hydrogens (tertiary/aromatic N) is 1. The summed E-state index contributed by atoms with van der Waals surface area (Å²) in [6.07, 6.45) is 0.628. The second-order valence-electron chi connectivity index (χ2n) is 3.92. The Hall–Kier alpha value is -1.22. The van der Waals surface area contributed by atoms with E-state index in [1.807, 2.05) is 19.0 Å². The number of rotatable bonds is 4. The lowest BCUT2D eigenvalue weighted by Gasteiger charge is -2.21. The number of ketones is 1. The first-order chi connectivity index (χ1) is 7.00. The van der Waals surface area contributed by atoms with E-state index < -0.39 is 0 Å². The van der Waals surface area contributed by atoms with Gasteiger partial charge in [-0.15, -0.1) is 0 Å². The molecule has 0 aromatic heterocycles. The van der Waals surface area contributed by atoms with Crippen LogP contribution in [0.25, 0.3) is 0 Å². The van der Waals surface area contributed by atoms with Gasteiger partial charge in [-0.2, -0.15) is 0 Å². The molecular formula is C12H16FNO. The molecule has 2 nitrogen and oxygen atoms in total. The third-order valence-electron chi connectivity index (χ3n) is 2.43. The number of halogens is 1. The van der Waals surface area contributed by atoms with Crippen LogP contribution in [0.4, 0.5) is 4.39 Å². The van der Waals surface area contributed by atoms with Crippen molar-refractivity contribution in [3.8, 4) is 0 Å². The quantitative estimate of drug-likeness (QED) is 0.754. The summed E-state index contributed by atoms with van der Waals surface area (Å²) in [7, 11) is 3.74. The van der Waals surface area contributed by atoms with Crippen molar-refractivity contribution in [1.82, 2.24) is 4.90 Å². The Morgan fingerprint density at radius 2 is 1.87 bits per heavy atom. The van der Waals surface area contributed by atoms with Crippen LogP contribution in [-0.4, -0.2) is 30.8 Å². The Morgan fingerprint density at radius 3 is 2.27 bits per heavy atom. The van der Waals surface area contributed by atoms with E-state index >= 15 is 0 Å². The van der Waals surface area contributed by atoms with Crippen molar-refractivity contribution in [3.63, 3.8) is 0 Å². The Kier molecular flexibility index (Phi) is 3.97. The van der Waals surface area contributed by atoms with Gasteiger partial charge < -0.3 is 0 Å². The van der Waals surface area contributed by atoms with Gasteiger partial charge in [-0.05, 0) is 45.1 Å². The Labute approximate surface area is 89.7 Å². The molecule has 1 rings (SSSR count). The number of carbonyl (C=O) groups is 1. The summed E-state index contributed by atoms with van der Waals surface area (Å²) in [5, 5.41) is 0. The maximum Gasteiger partial charge on any atom is 0.147 e. The van der Waals surface area contributed by atoms with Crippen LogP contribution in [-0.2, 0) is 11.2 Å². The molecule has 3 heteroatoms. The molecule has 1 aromatic rings. The maximum atomic E-state index is 12.7. The van der Waals surface area contributed by atoms with Crippen molar-refractivity contribution in [2.45, 2.75) is 19.4 Å². The first-order valence-corrected chi connectivity index (χ1v) is 4.92. The molecule has 82 valence electrons. The summed E-state index contributed by atoms with van der Waals surface area (Å²) in [5.74, 6) is -0.118. The Bertz CT molecular complexity index is 332. The van der Waals surface area contributed by atoms with Crippen LogP contribution in [0.15, 0.2) is 24.3 Å². The van der Waals surface area contributed by atoms with Crippen LogP contribution in [0.2, 0.25) is 0 Å². The van der Waals surface area contributed by atoms with E-state index in [2.05, 4.69) is 0 Å². The largest absolute Gasteiger partial charge is 0.299 e. The molecule has 0 aliphatic carbocycles. The van der Waals surface area contributed by atoms with Crippen molar-refractivity contribution < 1.29 is 9.18 Å². The molecule has 0 heterocycles. The lowest BCUT2D eigenvalue weighted by atomic mass is 10.0. The molecule has 0 aliphatic rings. The van der Waals surface area contributed by atoms with Crippen LogP contribution in [0, 0.1) is 5.82 Å². The highest BCUT2D eigenvalue weighted by Gasteiger charge is 2.16. The molecule has 0 saturated heterocycles. The zero-order chi connectivity index (χ0) is 11.4. The van der Waals surface area contributed by atoms with Gasteiger partial charge in [-0.25, -0.2) is 4.39 Å². The van der Waals surface area contributed by atoms with E-state index in [4.69, 9.17) is 0 Å². The van der Waals surface area contributed by atoms with Gasteiger partial charge >= 0.3 is 0 Å². The minimum Gasteiger partial charge on any atom is -0.299 e. The van der Waals surface area contributed by atoms with Crippen LogP contribution in [0.5, 0.6) is 0 Å². The minimum atomic E-state index is -0.247. The fraction of sp³-hybridized carbons (Fsp3) is 0.417. The average Bonchev–Trinajstić information content (AvgIpc) is 2.15. The van der Waals surface area contributed by atoms with Gasteiger partial charge in [0.05, 0.1) is 6.04 Å². The summed E-state index contributed by atoms with van der Waals surface area (Å²) in [4.78, 5) is 13.2. The molecular weight excluding hydrogens is 193 g/mol. The second kappa shape index (κ2) is 5.03. The number of Topliss-reactive ketones (excluding diaryl/α,β-unsaturated/α-hetero) is 1. The topological polar surface area (TPSA) is 20.3 Å². The zero-order valence-electron chi connectivity index (χ0n) is 9.33. The molecule has 0 saturated carbocycles. The van der Waals surface area contributed by atoms with E-state index in [9.17, 15) is 9.18 Å². The van der Waals surface area contributed by atoms with E-state index in [-0.39, 0.29) is 17.6 Å². The fourth-order valence-corrected chi connectivity index (χ4v) is 1.53. The molecule has 15 heavy (non-hydrogen) atoms. The van der Waals surface area contributed by atoms with Crippen molar-refractivity contribution in [3.05, 3.63) is 35.6 Å². The number of likely N-dealkylation sites (N-methyl/N-ethyl adjacent to an activating group) is 1. The van der Waals surface area contributed by atoms with Crippen LogP contribution in [0.3, 0.4) is 0 Å². The highest BCUT2D eigenvalue weighted by atomic mass is 19.1. The molecule has 0 spiro atoms. The van der Waals surface area contributed by atoms with Crippen molar-refractivity contribution >= 4 is 5.78 Å². The summed E-state index contributed by atoms with van der Waals surface area (Å²) >= 11 is 0. The van der Waals surface area contributed by atoms with Gasteiger partial charge in [0.25, 0.3) is 0 Å². The summed E-state index contributed by atoms with van der Waals surface area (Å²) in [6, 6.07) is 6.14. The maximum absolute atomic E-state index is 12.7. The minimum absolute atomic E-state index is 0.129. The second-order valence-corrected chi connectivity index (χ2v) is 3.92. The van der Waals surface area contributed by atoms with Crippen LogP contribution in [0.1, 0.15) is 12.5 Å². The van der Waals surface area contributed by atoms with Gasteiger partial charge in [0.15, 0.2) is 0 Å². The zero-order valence-corrected chi connectivity index (χ0v) is 9.33. The van der Waals surface area contributed by atoms with Gasteiger partial charge in [0, 0.05) is 0 Å². The Morgan fingerprint density at radius 1 is 1.33 bits per heavy atom. The molecule has 0 unspecified atom stereocenters. The molecule has 0 fully saturated rings. The first-order valence-electron chi connectivity index (χ1n) is 4.92. The molecule has 0 N–H and O–H groups in total. The lowest BCUT2D eigenvalue weighted by molar-refractivity contribution is -0.121. The monoisotopic (exact) mass is 209 g/mol. The SMILES string of the molecule is CC(=O)[C@H](Cc1ccc(F)cc1)N(C)C.